The van der Waals surface area contributed by atoms with Gasteiger partial charge in [0.25, 0.3) is 0 Å². The largest absolute Gasteiger partial charge is 0.373 e. The fraction of sp³-hybridized carbons (Fsp3) is 0.222. The van der Waals surface area contributed by atoms with Crippen molar-refractivity contribution < 1.29 is 0 Å². The van der Waals surface area contributed by atoms with Crippen molar-refractivity contribution in [1.82, 2.24) is 19.5 Å². The first-order valence-electron chi connectivity index (χ1n) is 4.44. The molecule has 0 saturated carbocycles. The molecule has 0 aliphatic heterocycles. The first kappa shape index (κ1) is 9.97. The van der Waals surface area contributed by atoms with Crippen LogP contribution in [-0.4, -0.2) is 26.6 Å². The summed E-state index contributed by atoms with van der Waals surface area (Å²) in [7, 11) is 3.78. The van der Waals surface area contributed by atoms with Crippen LogP contribution in [0.2, 0.25) is 0 Å². The predicted octanol–water partition coefficient (Wildman–Crippen LogP) is 1.40. The van der Waals surface area contributed by atoms with Gasteiger partial charge in [-0.25, -0.2) is 15.0 Å². The molecule has 0 amide bonds. The molecule has 0 atom stereocenters. The molecule has 1 N–H and O–H groups in total. The van der Waals surface area contributed by atoms with E-state index in [9.17, 15) is 0 Å². The van der Waals surface area contributed by atoms with Crippen LogP contribution in [-0.2, 0) is 7.05 Å². The highest BCUT2D eigenvalue weighted by molar-refractivity contribution is 7.99. The zero-order chi connectivity index (χ0) is 10.7. The van der Waals surface area contributed by atoms with E-state index in [1.165, 1.54) is 18.1 Å². The van der Waals surface area contributed by atoms with Crippen LogP contribution >= 0.6 is 11.8 Å². The summed E-state index contributed by atoms with van der Waals surface area (Å²) >= 11 is 1.51. The third-order valence-electron chi connectivity index (χ3n) is 1.87. The van der Waals surface area contributed by atoms with Gasteiger partial charge in [0.1, 0.15) is 17.2 Å². The minimum atomic E-state index is 0.807. The molecule has 0 spiro atoms. The van der Waals surface area contributed by atoms with E-state index in [1.807, 2.05) is 30.9 Å². The summed E-state index contributed by atoms with van der Waals surface area (Å²) < 4.78 is 1.95. The van der Waals surface area contributed by atoms with Crippen LogP contribution in [0.4, 0.5) is 5.82 Å². The average molecular weight is 221 g/mol. The molecule has 2 heterocycles. The Balaban J connectivity index is 2.21. The Morgan fingerprint density at radius 1 is 1.33 bits per heavy atom. The van der Waals surface area contributed by atoms with Gasteiger partial charge in [-0.05, 0) is 11.8 Å². The molecule has 5 nitrogen and oxygen atoms in total. The topological polar surface area (TPSA) is 55.6 Å². The minimum absolute atomic E-state index is 0.807. The number of rotatable bonds is 3. The van der Waals surface area contributed by atoms with Gasteiger partial charge in [0, 0.05) is 32.6 Å². The van der Waals surface area contributed by atoms with Crippen molar-refractivity contribution in [3.05, 3.63) is 24.8 Å². The first-order chi connectivity index (χ1) is 7.29. The highest BCUT2D eigenvalue weighted by Gasteiger charge is 2.04. The standard InChI is InChI=1S/C9H11N5S/c1-10-7-5-8(13-6-12-7)15-9-11-3-4-14(9)2/h3-6H,1-2H3,(H,10,12,13). The van der Waals surface area contributed by atoms with Gasteiger partial charge in [0.05, 0.1) is 0 Å². The number of imidazole rings is 1. The van der Waals surface area contributed by atoms with Crippen molar-refractivity contribution in [3.63, 3.8) is 0 Å². The lowest BCUT2D eigenvalue weighted by Gasteiger charge is -2.02. The summed E-state index contributed by atoms with van der Waals surface area (Å²) in [6, 6.07) is 1.89. The Labute approximate surface area is 92.0 Å². The van der Waals surface area contributed by atoms with Crippen LogP contribution in [0.3, 0.4) is 0 Å². The molecule has 6 heteroatoms. The summed E-state index contributed by atoms with van der Waals surface area (Å²) in [6.45, 7) is 0. The molecule has 15 heavy (non-hydrogen) atoms. The van der Waals surface area contributed by atoms with Crippen LogP contribution in [0, 0.1) is 0 Å². The normalized spacial score (nSPS) is 10.3. The Morgan fingerprint density at radius 2 is 2.20 bits per heavy atom. The summed E-state index contributed by atoms with van der Waals surface area (Å²) in [5.41, 5.74) is 0. The second kappa shape index (κ2) is 4.31. The van der Waals surface area contributed by atoms with Crippen LogP contribution in [0.25, 0.3) is 0 Å². The van der Waals surface area contributed by atoms with Gasteiger partial charge in [-0.2, -0.15) is 0 Å². The van der Waals surface area contributed by atoms with Crippen molar-refractivity contribution in [2.75, 3.05) is 12.4 Å². The van der Waals surface area contributed by atoms with Crippen molar-refractivity contribution in [2.45, 2.75) is 10.2 Å². The third-order valence-corrected chi connectivity index (χ3v) is 2.88. The summed E-state index contributed by atoms with van der Waals surface area (Å²) in [5.74, 6) is 0.807. The molecular formula is C9H11N5S. The Kier molecular flexibility index (Phi) is 2.86. The second-order valence-electron chi connectivity index (χ2n) is 2.91. The van der Waals surface area contributed by atoms with Gasteiger partial charge in [-0.3, -0.25) is 0 Å². The molecule has 2 aromatic heterocycles. The van der Waals surface area contributed by atoms with Crippen LogP contribution in [0.1, 0.15) is 0 Å². The average Bonchev–Trinajstić information content (AvgIpc) is 2.65. The van der Waals surface area contributed by atoms with Gasteiger partial charge in [0.2, 0.25) is 0 Å². The molecule has 2 rings (SSSR count). The van der Waals surface area contributed by atoms with Gasteiger partial charge < -0.3 is 9.88 Å². The van der Waals surface area contributed by atoms with E-state index < -0.39 is 0 Å². The SMILES string of the molecule is CNc1cc(Sc2nccn2C)ncn1. The maximum absolute atomic E-state index is 4.21. The zero-order valence-electron chi connectivity index (χ0n) is 8.51. The first-order valence-corrected chi connectivity index (χ1v) is 5.26. The van der Waals surface area contributed by atoms with E-state index in [0.29, 0.717) is 0 Å². The molecule has 0 saturated heterocycles. The second-order valence-corrected chi connectivity index (χ2v) is 3.90. The number of anilines is 1. The summed E-state index contributed by atoms with van der Waals surface area (Å²) in [5, 5.41) is 4.76. The van der Waals surface area contributed by atoms with Crippen molar-refractivity contribution in [1.29, 1.82) is 0 Å². The molecule has 0 aromatic carbocycles. The maximum Gasteiger partial charge on any atom is 0.174 e. The van der Waals surface area contributed by atoms with Crippen molar-refractivity contribution in [3.8, 4) is 0 Å². The van der Waals surface area contributed by atoms with Crippen LogP contribution in [0.5, 0.6) is 0 Å². The highest BCUT2D eigenvalue weighted by atomic mass is 32.2. The van der Waals surface area contributed by atoms with Gasteiger partial charge in [-0.1, -0.05) is 0 Å². The molecule has 0 fully saturated rings. The quantitative estimate of drug-likeness (QED) is 0.794. The van der Waals surface area contributed by atoms with Crippen molar-refractivity contribution >= 4 is 17.6 Å². The van der Waals surface area contributed by atoms with E-state index in [2.05, 4.69) is 20.3 Å². The molecule has 2 aromatic rings. The lowest BCUT2D eigenvalue weighted by molar-refractivity contribution is 0.788. The van der Waals surface area contributed by atoms with Gasteiger partial charge in [0.15, 0.2) is 5.16 Å². The monoisotopic (exact) mass is 221 g/mol. The fourth-order valence-corrected chi connectivity index (χ4v) is 1.85. The smallest absolute Gasteiger partial charge is 0.174 e. The summed E-state index contributed by atoms with van der Waals surface area (Å²) in [6.07, 6.45) is 5.21. The number of hydrogen-bond donors (Lipinski definition) is 1. The lowest BCUT2D eigenvalue weighted by Crippen LogP contribution is -1.94. The van der Waals surface area contributed by atoms with E-state index in [-0.39, 0.29) is 0 Å². The molecular weight excluding hydrogens is 210 g/mol. The van der Waals surface area contributed by atoms with E-state index in [4.69, 9.17) is 0 Å². The molecule has 78 valence electrons. The van der Waals surface area contributed by atoms with Crippen LogP contribution < -0.4 is 5.32 Å². The van der Waals surface area contributed by atoms with Gasteiger partial charge in [-0.15, -0.1) is 0 Å². The minimum Gasteiger partial charge on any atom is -0.373 e. The van der Waals surface area contributed by atoms with E-state index in [0.717, 1.165) is 16.0 Å². The fourth-order valence-electron chi connectivity index (χ4n) is 1.08. The molecule has 0 aliphatic carbocycles. The van der Waals surface area contributed by atoms with Crippen LogP contribution in [0.15, 0.2) is 35.0 Å². The predicted molar refractivity (Wildman–Crippen MR) is 58.9 cm³/mol. The lowest BCUT2D eigenvalue weighted by atomic mass is 10.6. The number of nitrogens with zero attached hydrogens (tertiary/aromatic N) is 4. The Morgan fingerprint density at radius 3 is 2.87 bits per heavy atom. The molecule has 0 aliphatic rings. The molecule has 0 unspecified atom stereocenters. The number of aromatic nitrogens is 4. The maximum atomic E-state index is 4.21. The van der Waals surface area contributed by atoms with Crippen molar-refractivity contribution in [2.24, 2.45) is 7.05 Å². The van der Waals surface area contributed by atoms with E-state index in [1.54, 1.807) is 6.20 Å². The van der Waals surface area contributed by atoms with E-state index >= 15 is 0 Å². The zero-order valence-corrected chi connectivity index (χ0v) is 9.32. The number of aryl methyl sites for hydroxylation is 1. The number of nitrogens with one attached hydrogen (secondary N) is 1. The number of hydrogen-bond acceptors (Lipinski definition) is 5. The Hall–Kier alpha value is -1.56. The Bertz CT molecular complexity index is 453. The third kappa shape index (κ3) is 2.27. The highest BCUT2D eigenvalue weighted by Crippen LogP contribution is 2.24. The van der Waals surface area contributed by atoms with Gasteiger partial charge >= 0.3 is 0 Å². The molecule has 0 bridgehead atoms. The summed E-state index contributed by atoms with van der Waals surface area (Å²) in [4.78, 5) is 12.4. The molecule has 0 radical (unpaired) electrons.